The average molecular weight is 475 g/mol. The molecule has 2 aromatic carbocycles. The van der Waals surface area contributed by atoms with Crippen molar-refractivity contribution < 1.29 is 9.18 Å². The molecule has 180 valence electrons. The van der Waals surface area contributed by atoms with Crippen LogP contribution in [0.25, 0.3) is 22.3 Å². The molecule has 1 amide bonds. The van der Waals surface area contributed by atoms with Gasteiger partial charge in [-0.25, -0.2) is 14.4 Å². The zero-order valence-corrected chi connectivity index (χ0v) is 19.8. The first-order valence-electron chi connectivity index (χ1n) is 11.0. The molecule has 3 N–H and O–H groups in total. The van der Waals surface area contributed by atoms with Gasteiger partial charge in [0.2, 0.25) is 11.9 Å². The standard InChI is InChI=1S/C25H27FN8O/c1-5-22(35)29-19-14-18(9-10-21(19)34(4)12-11-33(2)3)28-25-27-15-20-24(30-25)23(32-31-20)16-7-6-8-17(26)13-16/h5-10,13-15H,1,11-12H2,2-4H3,(H,29,35)(H,31,32)(H,27,28,30). The number of fused-ring (bicyclic) bond motifs is 1. The number of hydrogen-bond acceptors (Lipinski definition) is 7. The maximum absolute atomic E-state index is 13.7. The summed E-state index contributed by atoms with van der Waals surface area (Å²) in [7, 11) is 6.00. The van der Waals surface area contributed by atoms with Crippen LogP contribution >= 0.6 is 0 Å². The Balaban J connectivity index is 1.64. The Bertz CT molecular complexity index is 1370. The third-order valence-electron chi connectivity index (χ3n) is 5.39. The van der Waals surface area contributed by atoms with Crippen LogP contribution in [-0.2, 0) is 4.79 Å². The van der Waals surface area contributed by atoms with Gasteiger partial charge in [-0.05, 0) is 50.5 Å². The van der Waals surface area contributed by atoms with Crippen molar-refractivity contribution in [2.24, 2.45) is 0 Å². The van der Waals surface area contributed by atoms with Crippen molar-refractivity contribution in [1.29, 1.82) is 0 Å². The van der Waals surface area contributed by atoms with Crippen LogP contribution in [0.5, 0.6) is 0 Å². The van der Waals surface area contributed by atoms with E-state index in [9.17, 15) is 9.18 Å². The molecule has 0 saturated heterocycles. The molecule has 2 heterocycles. The number of H-pyrrole nitrogens is 1. The molecule has 0 aliphatic rings. The smallest absolute Gasteiger partial charge is 0.247 e. The number of carbonyl (C=O) groups excluding carboxylic acids is 1. The maximum Gasteiger partial charge on any atom is 0.247 e. The van der Waals surface area contributed by atoms with Crippen molar-refractivity contribution in [3.05, 3.63) is 67.1 Å². The van der Waals surface area contributed by atoms with Crippen LogP contribution in [0.3, 0.4) is 0 Å². The molecular formula is C25H27FN8O. The Morgan fingerprint density at radius 2 is 2.00 bits per heavy atom. The summed E-state index contributed by atoms with van der Waals surface area (Å²) in [4.78, 5) is 25.2. The van der Waals surface area contributed by atoms with Crippen molar-refractivity contribution >= 4 is 40.0 Å². The predicted molar refractivity (Wildman–Crippen MR) is 137 cm³/mol. The second-order valence-corrected chi connectivity index (χ2v) is 8.31. The fraction of sp³-hybridized carbons (Fsp3) is 0.200. The van der Waals surface area contributed by atoms with Crippen molar-refractivity contribution in [1.82, 2.24) is 25.1 Å². The van der Waals surface area contributed by atoms with Gasteiger partial charge in [-0.1, -0.05) is 18.7 Å². The predicted octanol–water partition coefficient (Wildman–Crippen LogP) is 4.02. The van der Waals surface area contributed by atoms with Gasteiger partial charge >= 0.3 is 0 Å². The molecule has 0 saturated carbocycles. The SMILES string of the molecule is C=CC(=O)Nc1cc(Nc2ncc3[nH]nc(-c4cccc(F)c4)c3n2)ccc1N(C)CCN(C)C. The minimum atomic E-state index is -0.351. The molecule has 0 aliphatic carbocycles. The van der Waals surface area contributed by atoms with Crippen molar-refractivity contribution in [3.8, 4) is 11.3 Å². The minimum absolute atomic E-state index is 0.305. The summed E-state index contributed by atoms with van der Waals surface area (Å²) >= 11 is 0. The topological polar surface area (TPSA) is 102 Å². The Morgan fingerprint density at radius 3 is 2.74 bits per heavy atom. The summed E-state index contributed by atoms with van der Waals surface area (Å²) in [6.07, 6.45) is 2.85. The summed E-state index contributed by atoms with van der Waals surface area (Å²) in [5.41, 5.74) is 4.52. The average Bonchev–Trinajstić information content (AvgIpc) is 3.26. The lowest BCUT2D eigenvalue weighted by molar-refractivity contribution is -0.111. The number of likely N-dealkylation sites (N-methyl/N-ethyl adjacent to an activating group) is 2. The van der Waals surface area contributed by atoms with Gasteiger partial charge in [-0.15, -0.1) is 0 Å². The highest BCUT2D eigenvalue weighted by atomic mass is 19.1. The largest absolute Gasteiger partial charge is 0.372 e. The van der Waals surface area contributed by atoms with Crippen LogP contribution in [0, 0.1) is 5.82 Å². The summed E-state index contributed by atoms with van der Waals surface area (Å²) < 4.78 is 13.7. The van der Waals surface area contributed by atoms with Crippen LogP contribution in [0.15, 0.2) is 61.3 Å². The lowest BCUT2D eigenvalue weighted by Gasteiger charge is -2.24. The first kappa shape index (κ1) is 23.8. The first-order chi connectivity index (χ1) is 16.8. The van der Waals surface area contributed by atoms with E-state index in [0.29, 0.717) is 39.6 Å². The van der Waals surface area contributed by atoms with Crippen LogP contribution in [-0.4, -0.2) is 65.2 Å². The molecule has 10 heteroatoms. The molecular weight excluding hydrogens is 447 g/mol. The van der Waals surface area contributed by atoms with Crippen LogP contribution in [0.2, 0.25) is 0 Å². The van der Waals surface area contributed by atoms with Gasteiger partial charge in [0.15, 0.2) is 0 Å². The van der Waals surface area contributed by atoms with Gasteiger partial charge < -0.3 is 20.4 Å². The molecule has 4 rings (SSSR count). The maximum atomic E-state index is 13.7. The molecule has 0 aliphatic heterocycles. The number of nitrogens with one attached hydrogen (secondary N) is 3. The summed E-state index contributed by atoms with van der Waals surface area (Å²) in [5, 5.41) is 13.2. The molecule has 0 fully saturated rings. The number of aromatic nitrogens is 4. The van der Waals surface area contributed by atoms with E-state index in [4.69, 9.17) is 0 Å². The highest BCUT2D eigenvalue weighted by Gasteiger charge is 2.14. The van der Waals surface area contributed by atoms with Gasteiger partial charge in [0.25, 0.3) is 0 Å². The quantitative estimate of drug-likeness (QED) is 0.315. The Kier molecular flexibility index (Phi) is 7.02. The van der Waals surface area contributed by atoms with E-state index in [1.807, 2.05) is 39.3 Å². The number of carbonyl (C=O) groups is 1. The monoisotopic (exact) mass is 474 g/mol. The summed E-state index contributed by atoms with van der Waals surface area (Å²) in [5.74, 6) is -0.317. The fourth-order valence-corrected chi connectivity index (χ4v) is 3.54. The molecule has 2 aromatic heterocycles. The van der Waals surface area contributed by atoms with Gasteiger partial charge in [-0.2, -0.15) is 5.10 Å². The normalized spacial score (nSPS) is 11.0. The van der Waals surface area contributed by atoms with Gasteiger partial charge in [-0.3, -0.25) is 9.89 Å². The number of amides is 1. The van der Waals surface area contributed by atoms with Crippen molar-refractivity contribution in [2.75, 3.05) is 49.8 Å². The van der Waals surface area contributed by atoms with E-state index in [2.05, 4.69) is 47.2 Å². The Hall–Kier alpha value is -4.31. The molecule has 0 radical (unpaired) electrons. The number of rotatable bonds is 9. The molecule has 0 bridgehead atoms. The zero-order chi connectivity index (χ0) is 24.9. The third kappa shape index (κ3) is 5.61. The number of halogens is 1. The lowest BCUT2D eigenvalue weighted by atomic mass is 10.1. The van der Waals surface area contributed by atoms with Crippen LogP contribution in [0.4, 0.5) is 27.4 Å². The molecule has 0 spiro atoms. The lowest BCUT2D eigenvalue weighted by Crippen LogP contribution is -2.29. The van der Waals surface area contributed by atoms with E-state index < -0.39 is 0 Å². The van der Waals surface area contributed by atoms with Crippen molar-refractivity contribution in [2.45, 2.75) is 0 Å². The summed E-state index contributed by atoms with van der Waals surface area (Å²) in [6, 6.07) is 11.8. The van der Waals surface area contributed by atoms with E-state index in [0.717, 1.165) is 18.8 Å². The second-order valence-electron chi connectivity index (χ2n) is 8.31. The molecule has 0 unspecified atom stereocenters. The molecule has 0 atom stereocenters. The van der Waals surface area contributed by atoms with E-state index in [1.54, 1.807) is 18.3 Å². The van der Waals surface area contributed by atoms with E-state index >= 15 is 0 Å². The number of benzene rings is 2. The van der Waals surface area contributed by atoms with Gasteiger partial charge in [0, 0.05) is 31.4 Å². The fourth-order valence-electron chi connectivity index (χ4n) is 3.54. The number of aromatic amines is 1. The first-order valence-corrected chi connectivity index (χ1v) is 11.0. The minimum Gasteiger partial charge on any atom is -0.372 e. The number of anilines is 4. The highest BCUT2D eigenvalue weighted by molar-refractivity contribution is 6.01. The van der Waals surface area contributed by atoms with Crippen LogP contribution in [0.1, 0.15) is 0 Å². The van der Waals surface area contributed by atoms with Gasteiger partial charge in [0.1, 0.15) is 22.5 Å². The van der Waals surface area contributed by atoms with E-state index in [1.165, 1.54) is 18.2 Å². The Morgan fingerprint density at radius 1 is 1.17 bits per heavy atom. The third-order valence-corrected chi connectivity index (χ3v) is 5.39. The number of nitrogens with zero attached hydrogens (tertiary/aromatic N) is 5. The second kappa shape index (κ2) is 10.3. The zero-order valence-electron chi connectivity index (χ0n) is 19.8. The van der Waals surface area contributed by atoms with Crippen LogP contribution < -0.4 is 15.5 Å². The molecule has 9 nitrogen and oxygen atoms in total. The summed E-state index contributed by atoms with van der Waals surface area (Å²) in [6.45, 7) is 5.18. The highest BCUT2D eigenvalue weighted by Crippen LogP contribution is 2.31. The van der Waals surface area contributed by atoms with Gasteiger partial charge in [0.05, 0.1) is 17.6 Å². The molecule has 35 heavy (non-hydrogen) atoms. The molecule has 4 aromatic rings. The van der Waals surface area contributed by atoms with E-state index in [-0.39, 0.29) is 11.7 Å². The number of hydrogen-bond donors (Lipinski definition) is 3. The Labute approximate surface area is 202 Å². The van der Waals surface area contributed by atoms with Crippen molar-refractivity contribution in [3.63, 3.8) is 0 Å².